The first-order chi connectivity index (χ1) is 18.1. The van der Waals surface area contributed by atoms with E-state index in [4.69, 9.17) is 4.74 Å². The second-order valence-corrected chi connectivity index (χ2v) is 8.61. The maximum atomic E-state index is 12.2. The van der Waals surface area contributed by atoms with E-state index in [2.05, 4.69) is 43.0 Å². The van der Waals surface area contributed by atoms with Gasteiger partial charge in [0.1, 0.15) is 0 Å². The SMILES string of the molecule is CCNC(=O)Nc1ccc(-c2ccnc(Nc3ccc(N4CCN(C(=O)CCOC)CC4)cc3)n2)cc1. The summed E-state index contributed by atoms with van der Waals surface area (Å²) in [5, 5.41) is 8.76. The molecule has 2 heterocycles. The molecule has 3 amide bonds. The molecule has 0 atom stereocenters. The van der Waals surface area contributed by atoms with Crippen LogP contribution in [0.4, 0.5) is 27.8 Å². The average molecular weight is 504 g/mol. The van der Waals surface area contributed by atoms with E-state index in [9.17, 15) is 9.59 Å². The van der Waals surface area contributed by atoms with Gasteiger partial charge in [0.05, 0.1) is 18.7 Å². The van der Waals surface area contributed by atoms with E-state index < -0.39 is 0 Å². The number of urea groups is 1. The lowest BCUT2D eigenvalue weighted by Gasteiger charge is -2.36. The van der Waals surface area contributed by atoms with Crippen LogP contribution in [-0.4, -0.2) is 73.2 Å². The van der Waals surface area contributed by atoms with Crippen LogP contribution in [0.1, 0.15) is 13.3 Å². The van der Waals surface area contributed by atoms with Gasteiger partial charge in [0, 0.05) is 68.7 Å². The standard InChI is InChI=1S/C27H33N7O3/c1-3-28-27(36)31-22-6-4-20(5-7-22)24-12-14-29-26(32-24)30-21-8-10-23(11-9-21)33-15-17-34(18-16-33)25(35)13-19-37-2/h4-12,14H,3,13,15-19H2,1-2H3,(H2,28,31,36)(H,29,30,32). The minimum Gasteiger partial charge on any atom is -0.384 e. The number of hydrogen-bond donors (Lipinski definition) is 3. The van der Waals surface area contributed by atoms with Gasteiger partial charge in [-0.05, 0) is 49.4 Å². The summed E-state index contributed by atoms with van der Waals surface area (Å²) >= 11 is 0. The third-order valence-electron chi connectivity index (χ3n) is 6.07. The van der Waals surface area contributed by atoms with Gasteiger partial charge in [-0.15, -0.1) is 0 Å². The zero-order chi connectivity index (χ0) is 26.0. The molecule has 0 aliphatic carbocycles. The highest BCUT2D eigenvalue weighted by atomic mass is 16.5. The zero-order valence-electron chi connectivity index (χ0n) is 21.2. The first-order valence-electron chi connectivity index (χ1n) is 12.4. The number of nitrogens with one attached hydrogen (secondary N) is 3. The summed E-state index contributed by atoms with van der Waals surface area (Å²) in [5.41, 5.74) is 4.40. The summed E-state index contributed by atoms with van der Waals surface area (Å²) in [4.78, 5) is 37.1. The van der Waals surface area contributed by atoms with Crippen molar-refractivity contribution in [3.63, 3.8) is 0 Å². The van der Waals surface area contributed by atoms with Gasteiger partial charge in [-0.2, -0.15) is 0 Å². The number of anilines is 4. The van der Waals surface area contributed by atoms with E-state index in [-0.39, 0.29) is 11.9 Å². The van der Waals surface area contributed by atoms with Gasteiger partial charge < -0.3 is 30.5 Å². The van der Waals surface area contributed by atoms with Crippen molar-refractivity contribution in [3.05, 3.63) is 60.8 Å². The Kier molecular flexibility index (Phi) is 8.88. The molecule has 3 aromatic rings. The highest BCUT2D eigenvalue weighted by Crippen LogP contribution is 2.24. The minimum atomic E-state index is -0.231. The van der Waals surface area contributed by atoms with E-state index >= 15 is 0 Å². The normalized spacial score (nSPS) is 13.2. The summed E-state index contributed by atoms with van der Waals surface area (Å²) in [7, 11) is 1.61. The number of amides is 3. The molecule has 37 heavy (non-hydrogen) atoms. The molecule has 0 spiro atoms. The average Bonchev–Trinajstić information content (AvgIpc) is 2.93. The maximum absolute atomic E-state index is 12.2. The second kappa shape index (κ2) is 12.7. The van der Waals surface area contributed by atoms with Gasteiger partial charge in [-0.1, -0.05) is 12.1 Å². The Bertz CT molecular complexity index is 1180. The molecule has 1 aliphatic rings. The topological polar surface area (TPSA) is 112 Å². The fourth-order valence-corrected chi connectivity index (χ4v) is 4.09. The second-order valence-electron chi connectivity index (χ2n) is 8.61. The summed E-state index contributed by atoms with van der Waals surface area (Å²) in [6, 6.07) is 17.3. The summed E-state index contributed by atoms with van der Waals surface area (Å²) < 4.78 is 5.01. The van der Waals surface area contributed by atoms with Crippen LogP contribution >= 0.6 is 0 Å². The van der Waals surface area contributed by atoms with Crippen molar-refractivity contribution in [1.82, 2.24) is 20.2 Å². The molecule has 3 N–H and O–H groups in total. The molecule has 1 aliphatic heterocycles. The molecule has 2 aromatic carbocycles. The number of carbonyl (C=O) groups is 2. The highest BCUT2D eigenvalue weighted by Gasteiger charge is 2.21. The number of rotatable bonds is 9. The quantitative estimate of drug-likeness (QED) is 0.408. The lowest BCUT2D eigenvalue weighted by atomic mass is 10.1. The number of nitrogens with zero attached hydrogens (tertiary/aromatic N) is 4. The molecule has 0 unspecified atom stereocenters. The third-order valence-corrected chi connectivity index (χ3v) is 6.07. The van der Waals surface area contributed by atoms with Crippen LogP contribution in [0.25, 0.3) is 11.3 Å². The monoisotopic (exact) mass is 503 g/mol. The van der Waals surface area contributed by atoms with E-state index in [1.165, 1.54) is 0 Å². The number of hydrogen-bond acceptors (Lipinski definition) is 7. The van der Waals surface area contributed by atoms with Gasteiger partial charge in [-0.25, -0.2) is 14.8 Å². The molecule has 194 valence electrons. The van der Waals surface area contributed by atoms with E-state index in [0.717, 1.165) is 35.7 Å². The van der Waals surface area contributed by atoms with Crippen molar-refractivity contribution in [2.45, 2.75) is 13.3 Å². The van der Waals surface area contributed by atoms with Crippen LogP contribution in [0.3, 0.4) is 0 Å². The van der Waals surface area contributed by atoms with Crippen molar-refractivity contribution in [3.8, 4) is 11.3 Å². The van der Waals surface area contributed by atoms with Crippen LogP contribution < -0.4 is 20.9 Å². The van der Waals surface area contributed by atoms with Gasteiger partial charge in [0.2, 0.25) is 11.9 Å². The molecule has 10 heteroatoms. The van der Waals surface area contributed by atoms with E-state index in [1.807, 2.05) is 54.3 Å². The molecule has 4 rings (SSSR count). The lowest BCUT2D eigenvalue weighted by Crippen LogP contribution is -2.49. The molecule has 0 bridgehead atoms. The molecule has 10 nitrogen and oxygen atoms in total. The number of carbonyl (C=O) groups excluding carboxylic acids is 2. The molecule has 0 saturated carbocycles. The first-order valence-corrected chi connectivity index (χ1v) is 12.4. The maximum Gasteiger partial charge on any atom is 0.319 e. The Morgan fingerprint density at radius 2 is 1.65 bits per heavy atom. The van der Waals surface area contributed by atoms with Crippen LogP contribution in [0.15, 0.2) is 60.8 Å². The summed E-state index contributed by atoms with van der Waals surface area (Å²) in [5.74, 6) is 0.647. The zero-order valence-corrected chi connectivity index (χ0v) is 21.2. The largest absolute Gasteiger partial charge is 0.384 e. The molecule has 1 aromatic heterocycles. The lowest BCUT2D eigenvalue weighted by molar-refractivity contribution is -0.132. The molecular weight excluding hydrogens is 470 g/mol. The Morgan fingerprint density at radius 3 is 2.32 bits per heavy atom. The van der Waals surface area contributed by atoms with Crippen LogP contribution in [0.2, 0.25) is 0 Å². The molecule has 1 fully saturated rings. The van der Waals surface area contributed by atoms with Crippen molar-refractivity contribution in [1.29, 1.82) is 0 Å². The number of aromatic nitrogens is 2. The van der Waals surface area contributed by atoms with E-state index in [1.54, 1.807) is 13.3 Å². The van der Waals surface area contributed by atoms with Gasteiger partial charge >= 0.3 is 6.03 Å². The first kappa shape index (κ1) is 25.9. The molecule has 0 radical (unpaired) electrons. The van der Waals surface area contributed by atoms with Crippen LogP contribution in [0, 0.1) is 0 Å². The number of piperazine rings is 1. The van der Waals surface area contributed by atoms with Crippen molar-refractivity contribution in [2.75, 3.05) is 62.0 Å². The molecular formula is C27H33N7O3. The molecule has 1 saturated heterocycles. The van der Waals surface area contributed by atoms with Crippen molar-refractivity contribution in [2.24, 2.45) is 0 Å². The Morgan fingerprint density at radius 1 is 0.946 bits per heavy atom. The Hall–Kier alpha value is -4.18. The fraction of sp³-hybridized carbons (Fsp3) is 0.333. The van der Waals surface area contributed by atoms with E-state index in [0.29, 0.717) is 44.3 Å². The van der Waals surface area contributed by atoms with Gasteiger partial charge in [0.15, 0.2) is 0 Å². The van der Waals surface area contributed by atoms with Crippen LogP contribution in [-0.2, 0) is 9.53 Å². The predicted molar refractivity (Wildman–Crippen MR) is 145 cm³/mol. The smallest absolute Gasteiger partial charge is 0.319 e. The third kappa shape index (κ3) is 7.17. The van der Waals surface area contributed by atoms with Crippen molar-refractivity contribution < 1.29 is 14.3 Å². The fourth-order valence-electron chi connectivity index (χ4n) is 4.09. The Balaban J connectivity index is 1.33. The summed E-state index contributed by atoms with van der Waals surface area (Å²) in [6.45, 7) is 5.93. The summed E-state index contributed by atoms with van der Waals surface area (Å²) in [6.07, 6.45) is 2.15. The minimum absolute atomic E-state index is 0.148. The highest BCUT2D eigenvalue weighted by molar-refractivity contribution is 5.89. The van der Waals surface area contributed by atoms with Crippen LogP contribution in [0.5, 0.6) is 0 Å². The van der Waals surface area contributed by atoms with Gasteiger partial charge in [-0.3, -0.25) is 4.79 Å². The number of benzene rings is 2. The van der Waals surface area contributed by atoms with Crippen molar-refractivity contribution >= 4 is 34.9 Å². The number of ether oxygens (including phenoxy) is 1. The number of methoxy groups -OCH3 is 1. The predicted octanol–water partition coefficient (Wildman–Crippen LogP) is 3.71. The Labute approximate surface area is 217 Å². The van der Waals surface area contributed by atoms with Gasteiger partial charge in [0.25, 0.3) is 0 Å².